The van der Waals surface area contributed by atoms with Crippen LogP contribution < -0.4 is 5.73 Å². The molecule has 0 unspecified atom stereocenters. The molecule has 3 heteroatoms. The highest BCUT2D eigenvalue weighted by Gasteiger charge is 2.20. The molecule has 0 aromatic heterocycles. The van der Waals surface area contributed by atoms with Crippen molar-refractivity contribution >= 4 is 11.7 Å². The fraction of sp³-hybridized carbons (Fsp3) is 0.300. The van der Waals surface area contributed by atoms with E-state index in [1.165, 1.54) is 0 Å². The lowest BCUT2D eigenvalue weighted by Crippen LogP contribution is -2.06. The van der Waals surface area contributed by atoms with Gasteiger partial charge in [-0.05, 0) is 36.5 Å². The van der Waals surface area contributed by atoms with Gasteiger partial charge in [0.2, 0.25) is 0 Å². The maximum atomic E-state index is 10.9. The minimum Gasteiger partial charge on any atom is -0.478 e. The first kappa shape index (κ1) is 8.10. The maximum absolute atomic E-state index is 10.9. The standard InChI is InChI=1S/C10H11NO2/c11-8-5-4-6-2-1-3-7(6)9(8)10(12)13/h4-5H,1-3,11H2,(H,12,13). The Labute approximate surface area is 76.2 Å². The van der Waals surface area contributed by atoms with Crippen LogP contribution in [0, 0.1) is 0 Å². The molecule has 0 aliphatic heterocycles. The van der Waals surface area contributed by atoms with Crippen LogP contribution >= 0.6 is 0 Å². The van der Waals surface area contributed by atoms with Crippen LogP contribution in [0.25, 0.3) is 0 Å². The second-order valence-electron chi connectivity index (χ2n) is 3.33. The molecule has 0 fully saturated rings. The second-order valence-corrected chi connectivity index (χ2v) is 3.33. The number of anilines is 1. The molecule has 1 aliphatic carbocycles. The third-order valence-corrected chi connectivity index (χ3v) is 2.53. The lowest BCUT2D eigenvalue weighted by Gasteiger charge is -2.06. The molecular weight excluding hydrogens is 166 g/mol. The summed E-state index contributed by atoms with van der Waals surface area (Å²) in [7, 11) is 0. The molecule has 1 aromatic carbocycles. The fourth-order valence-corrected chi connectivity index (χ4v) is 1.94. The molecule has 1 aromatic rings. The molecule has 0 amide bonds. The van der Waals surface area contributed by atoms with E-state index in [1.54, 1.807) is 6.07 Å². The van der Waals surface area contributed by atoms with Crippen molar-refractivity contribution < 1.29 is 9.90 Å². The Morgan fingerprint density at radius 2 is 2.15 bits per heavy atom. The molecular formula is C10H11NO2. The lowest BCUT2D eigenvalue weighted by atomic mass is 10.0. The van der Waals surface area contributed by atoms with Crippen molar-refractivity contribution in [2.75, 3.05) is 5.73 Å². The summed E-state index contributed by atoms with van der Waals surface area (Å²) < 4.78 is 0. The number of carboxylic acid groups (broad SMARTS) is 1. The summed E-state index contributed by atoms with van der Waals surface area (Å²) >= 11 is 0. The summed E-state index contributed by atoms with van der Waals surface area (Å²) in [5.41, 5.74) is 8.39. The summed E-state index contributed by atoms with van der Waals surface area (Å²) in [5.74, 6) is -0.906. The Balaban J connectivity index is 2.65. The lowest BCUT2D eigenvalue weighted by molar-refractivity contribution is 0.0697. The molecule has 3 nitrogen and oxygen atoms in total. The van der Waals surface area contributed by atoms with Crippen LogP contribution in [0.15, 0.2) is 12.1 Å². The summed E-state index contributed by atoms with van der Waals surface area (Å²) in [6.45, 7) is 0. The van der Waals surface area contributed by atoms with E-state index >= 15 is 0 Å². The normalized spacial score (nSPS) is 14.2. The number of aryl methyl sites for hydroxylation is 1. The van der Waals surface area contributed by atoms with Gasteiger partial charge in [0, 0.05) is 5.69 Å². The highest BCUT2D eigenvalue weighted by atomic mass is 16.4. The highest BCUT2D eigenvalue weighted by Crippen LogP contribution is 2.28. The van der Waals surface area contributed by atoms with Crippen molar-refractivity contribution in [2.45, 2.75) is 19.3 Å². The zero-order valence-corrected chi connectivity index (χ0v) is 7.21. The van der Waals surface area contributed by atoms with E-state index in [0.29, 0.717) is 11.3 Å². The number of nitrogen functional groups attached to an aromatic ring is 1. The number of carboxylic acids is 1. The first-order chi connectivity index (χ1) is 6.20. The number of fused-ring (bicyclic) bond motifs is 1. The summed E-state index contributed by atoms with van der Waals surface area (Å²) in [4.78, 5) is 10.9. The van der Waals surface area contributed by atoms with Crippen LogP contribution in [0.2, 0.25) is 0 Å². The van der Waals surface area contributed by atoms with Gasteiger partial charge in [0.15, 0.2) is 0 Å². The number of aromatic carboxylic acids is 1. The van der Waals surface area contributed by atoms with E-state index in [0.717, 1.165) is 30.4 Å². The Morgan fingerprint density at radius 1 is 1.38 bits per heavy atom. The molecule has 68 valence electrons. The molecule has 0 saturated heterocycles. The fourth-order valence-electron chi connectivity index (χ4n) is 1.94. The Hall–Kier alpha value is -1.51. The number of nitrogens with two attached hydrogens (primary N) is 1. The summed E-state index contributed by atoms with van der Waals surface area (Å²) in [6, 6.07) is 3.62. The molecule has 2 rings (SSSR count). The Kier molecular flexibility index (Phi) is 1.72. The molecule has 3 N–H and O–H groups in total. The third kappa shape index (κ3) is 1.16. The van der Waals surface area contributed by atoms with Gasteiger partial charge in [-0.1, -0.05) is 6.07 Å². The van der Waals surface area contributed by atoms with Gasteiger partial charge in [0.1, 0.15) is 0 Å². The number of rotatable bonds is 1. The molecule has 0 spiro atoms. The van der Waals surface area contributed by atoms with Crippen molar-refractivity contribution in [1.82, 2.24) is 0 Å². The maximum Gasteiger partial charge on any atom is 0.338 e. The molecule has 1 aliphatic rings. The zero-order chi connectivity index (χ0) is 9.42. The van der Waals surface area contributed by atoms with E-state index < -0.39 is 5.97 Å². The molecule has 0 bridgehead atoms. The average Bonchev–Trinajstić information content (AvgIpc) is 2.50. The van der Waals surface area contributed by atoms with Crippen LogP contribution in [0.3, 0.4) is 0 Å². The highest BCUT2D eigenvalue weighted by molar-refractivity contribution is 5.96. The van der Waals surface area contributed by atoms with Gasteiger partial charge < -0.3 is 10.8 Å². The predicted octanol–water partition coefficient (Wildman–Crippen LogP) is 1.46. The van der Waals surface area contributed by atoms with E-state index in [4.69, 9.17) is 10.8 Å². The number of carbonyl (C=O) groups is 1. The van der Waals surface area contributed by atoms with E-state index in [1.807, 2.05) is 6.07 Å². The number of hydrogen-bond acceptors (Lipinski definition) is 2. The van der Waals surface area contributed by atoms with Gasteiger partial charge in [-0.3, -0.25) is 0 Å². The van der Waals surface area contributed by atoms with Crippen LogP contribution in [-0.4, -0.2) is 11.1 Å². The van der Waals surface area contributed by atoms with E-state index in [9.17, 15) is 4.79 Å². The molecule has 0 atom stereocenters. The van der Waals surface area contributed by atoms with E-state index in [-0.39, 0.29) is 0 Å². The van der Waals surface area contributed by atoms with Gasteiger partial charge in [0.25, 0.3) is 0 Å². The quantitative estimate of drug-likeness (QED) is 0.638. The minimum absolute atomic E-state index is 0.315. The minimum atomic E-state index is -0.906. The second kappa shape index (κ2) is 2.76. The van der Waals surface area contributed by atoms with Crippen molar-refractivity contribution in [3.05, 3.63) is 28.8 Å². The number of hydrogen-bond donors (Lipinski definition) is 2. The Morgan fingerprint density at radius 3 is 2.85 bits per heavy atom. The first-order valence-corrected chi connectivity index (χ1v) is 4.33. The monoisotopic (exact) mass is 177 g/mol. The molecule has 0 saturated carbocycles. The molecule has 0 heterocycles. The predicted molar refractivity (Wildman–Crippen MR) is 49.8 cm³/mol. The third-order valence-electron chi connectivity index (χ3n) is 2.53. The zero-order valence-electron chi connectivity index (χ0n) is 7.21. The van der Waals surface area contributed by atoms with Crippen molar-refractivity contribution in [3.63, 3.8) is 0 Å². The van der Waals surface area contributed by atoms with E-state index in [2.05, 4.69) is 0 Å². The smallest absolute Gasteiger partial charge is 0.338 e. The molecule has 13 heavy (non-hydrogen) atoms. The summed E-state index contributed by atoms with van der Waals surface area (Å²) in [6.07, 6.45) is 2.87. The topological polar surface area (TPSA) is 63.3 Å². The van der Waals surface area contributed by atoms with Crippen molar-refractivity contribution in [1.29, 1.82) is 0 Å². The SMILES string of the molecule is Nc1ccc2c(c1C(=O)O)CCC2. The van der Waals surface area contributed by atoms with Crippen LogP contribution in [-0.2, 0) is 12.8 Å². The first-order valence-electron chi connectivity index (χ1n) is 4.33. The van der Waals surface area contributed by atoms with Crippen LogP contribution in [0.4, 0.5) is 5.69 Å². The molecule has 0 radical (unpaired) electrons. The Bertz CT molecular complexity index is 371. The van der Waals surface area contributed by atoms with Gasteiger partial charge in [0.05, 0.1) is 5.56 Å². The van der Waals surface area contributed by atoms with Gasteiger partial charge in [-0.2, -0.15) is 0 Å². The van der Waals surface area contributed by atoms with Gasteiger partial charge in [-0.25, -0.2) is 4.79 Å². The van der Waals surface area contributed by atoms with Crippen LogP contribution in [0.1, 0.15) is 27.9 Å². The van der Waals surface area contributed by atoms with Crippen molar-refractivity contribution in [2.24, 2.45) is 0 Å². The average molecular weight is 177 g/mol. The number of benzene rings is 1. The van der Waals surface area contributed by atoms with Gasteiger partial charge >= 0.3 is 5.97 Å². The van der Waals surface area contributed by atoms with Gasteiger partial charge in [-0.15, -0.1) is 0 Å². The van der Waals surface area contributed by atoms with Crippen LogP contribution in [0.5, 0.6) is 0 Å². The summed E-state index contributed by atoms with van der Waals surface area (Å²) in [5, 5.41) is 8.95. The largest absolute Gasteiger partial charge is 0.478 e. The van der Waals surface area contributed by atoms with Crippen molar-refractivity contribution in [3.8, 4) is 0 Å².